The Morgan fingerprint density at radius 2 is 1.52 bits per heavy atom. The van der Waals surface area contributed by atoms with Crippen LogP contribution in [0.15, 0.2) is 65.6 Å². The normalized spacial score (nSPS) is 17.6. The summed E-state index contributed by atoms with van der Waals surface area (Å²) in [5, 5.41) is 14.9. The molecule has 2 amide bonds. The van der Waals surface area contributed by atoms with Crippen molar-refractivity contribution in [2.45, 2.75) is 17.7 Å². The van der Waals surface area contributed by atoms with E-state index in [1.165, 1.54) is 11.8 Å². The molecular formula is C23H24N2O5S. The lowest BCUT2D eigenvalue weighted by atomic mass is 9.82. The number of allylic oxidation sites excluding steroid dienone is 2. The minimum atomic E-state index is -0.954. The second kappa shape index (κ2) is 10.7. The van der Waals surface area contributed by atoms with Crippen LogP contribution in [-0.4, -0.2) is 35.8 Å². The monoisotopic (exact) mass is 440 g/mol. The van der Waals surface area contributed by atoms with E-state index in [1.54, 1.807) is 49.6 Å². The summed E-state index contributed by atoms with van der Waals surface area (Å²) in [5.41, 5.74) is 1.29. The zero-order chi connectivity index (χ0) is 22.2. The summed E-state index contributed by atoms with van der Waals surface area (Å²) < 4.78 is 5.09. The summed E-state index contributed by atoms with van der Waals surface area (Å²) in [4.78, 5) is 36.9. The summed E-state index contributed by atoms with van der Waals surface area (Å²) in [6.45, 7) is 0. The van der Waals surface area contributed by atoms with E-state index >= 15 is 0 Å². The molecule has 2 unspecified atom stereocenters. The van der Waals surface area contributed by atoms with Crippen molar-refractivity contribution in [3.63, 3.8) is 0 Å². The topological polar surface area (TPSA) is 105 Å². The van der Waals surface area contributed by atoms with Gasteiger partial charge in [-0.15, -0.1) is 11.8 Å². The highest BCUT2D eigenvalue weighted by atomic mass is 32.2. The van der Waals surface area contributed by atoms with Gasteiger partial charge in [0.2, 0.25) is 11.8 Å². The highest BCUT2D eigenvalue weighted by Gasteiger charge is 2.33. The molecule has 2 aromatic carbocycles. The van der Waals surface area contributed by atoms with Crippen LogP contribution < -0.4 is 15.4 Å². The molecule has 0 heterocycles. The van der Waals surface area contributed by atoms with Crippen molar-refractivity contribution in [2.24, 2.45) is 11.8 Å². The van der Waals surface area contributed by atoms with Gasteiger partial charge >= 0.3 is 5.97 Å². The third-order valence-electron chi connectivity index (χ3n) is 4.95. The number of amides is 2. The van der Waals surface area contributed by atoms with Crippen molar-refractivity contribution in [1.82, 2.24) is 0 Å². The number of carbonyl (C=O) groups is 3. The molecule has 0 radical (unpaired) electrons. The number of ether oxygens (including phenoxy) is 1. The largest absolute Gasteiger partial charge is 0.497 e. The number of benzene rings is 2. The van der Waals surface area contributed by atoms with Crippen molar-refractivity contribution >= 4 is 40.9 Å². The van der Waals surface area contributed by atoms with Crippen molar-refractivity contribution < 1.29 is 24.2 Å². The lowest BCUT2D eigenvalue weighted by molar-refractivity contribution is -0.146. The standard InChI is InChI=1S/C23H24N2O5S/c1-30-17-10-6-15(7-11-17)24-21(26)14-31-18-12-8-16(9-13-18)25-22(27)19-4-2-3-5-20(19)23(28)29/h2-3,6-13,19-20H,4-5,14H2,1H3,(H,24,26)(H,25,27)(H,28,29). The van der Waals surface area contributed by atoms with Crippen molar-refractivity contribution in [3.05, 3.63) is 60.7 Å². The predicted octanol–water partition coefficient (Wildman–Crippen LogP) is 4.03. The van der Waals surface area contributed by atoms with Crippen LogP contribution >= 0.6 is 11.8 Å². The number of carbonyl (C=O) groups excluding carboxylic acids is 2. The highest BCUT2D eigenvalue weighted by molar-refractivity contribution is 8.00. The van der Waals surface area contributed by atoms with E-state index < -0.39 is 17.8 Å². The molecule has 31 heavy (non-hydrogen) atoms. The van der Waals surface area contributed by atoms with E-state index in [4.69, 9.17) is 4.74 Å². The van der Waals surface area contributed by atoms with Gasteiger partial charge in [0.1, 0.15) is 5.75 Å². The van der Waals surface area contributed by atoms with Gasteiger partial charge in [-0.2, -0.15) is 0 Å². The molecule has 0 fully saturated rings. The lowest BCUT2D eigenvalue weighted by Crippen LogP contribution is -2.34. The highest BCUT2D eigenvalue weighted by Crippen LogP contribution is 2.28. The molecule has 0 saturated carbocycles. The molecule has 8 heteroatoms. The molecule has 0 saturated heterocycles. The maximum absolute atomic E-state index is 12.5. The summed E-state index contributed by atoms with van der Waals surface area (Å²) in [7, 11) is 1.58. The van der Waals surface area contributed by atoms with Crippen molar-refractivity contribution in [2.75, 3.05) is 23.5 Å². The molecular weight excluding hydrogens is 416 g/mol. The average molecular weight is 441 g/mol. The average Bonchev–Trinajstić information content (AvgIpc) is 2.79. The number of thioether (sulfide) groups is 1. The van der Waals surface area contributed by atoms with Crippen LogP contribution in [0.2, 0.25) is 0 Å². The fourth-order valence-corrected chi connectivity index (χ4v) is 3.97. The van der Waals surface area contributed by atoms with Crippen LogP contribution in [0.1, 0.15) is 12.8 Å². The number of aliphatic carboxylic acids is 1. The number of carboxylic acid groups (broad SMARTS) is 1. The molecule has 1 aliphatic rings. The van der Waals surface area contributed by atoms with E-state index in [9.17, 15) is 19.5 Å². The number of rotatable bonds is 8. The van der Waals surface area contributed by atoms with Crippen LogP contribution in [-0.2, 0) is 14.4 Å². The quantitative estimate of drug-likeness (QED) is 0.423. The zero-order valence-electron chi connectivity index (χ0n) is 17.0. The smallest absolute Gasteiger partial charge is 0.307 e. The van der Waals surface area contributed by atoms with E-state index in [1.807, 2.05) is 18.2 Å². The third kappa shape index (κ3) is 6.36. The molecule has 3 N–H and O–H groups in total. The molecule has 2 aromatic rings. The molecule has 162 valence electrons. The van der Waals surface area contributed by atoms with Crippen LogP contribution in [0.25, 0.3) is 0 Å². The van der Waals surface area contributed by atoms with Crippen LogP contribution in [0, 0.1) is 11.8 Å². The zero-order valence-corrected chi connectivity index (χ0v) is 17.9. The fourth-order valence-electron chi connectivity index (χ4n) is 3.27. The summed E-state index contributed by atoms with van der Waals surface area (Å²) >= 11 is 1.38. The molecule has 1 aliphatic carbocycles. The van der Waals surface area contributed by atoms with Crippen molar-refractivity contribution in [1.29, 1.82) is 0 Å². The Morgan fingerprint density at radius 1 is 0.935 bits per heavy atom. The van der Waals surface area contributed by atoms with Gasteiger partial charge in [0.25, 0.3) is 0 Å². The van der Waals surface area contributed by atoms with Gasteiger partial charge in [-0.1, -0.05) is 12.2 Å². The molecule has 0 bridgehead atoms. The van der Waals surface area contributed by atoms with Gasteiger partial charge in [-0.25, -0.2) is 0 Å². The molecule has 3 rings (SSSR count). The summed E-state index contributed by atoms with van der Waals surface area (Å²) in [6, 6.07) is 14.2. The maximum Gasteiger partial charge on any atom is 0.307 e. The number of anilines is 2. The molecule has 0 aliphatic heterocycles. The number of hydrogen-bond donors (Lipinski definition) is 3. The van der Waals surface area contributed by atoms with Crippen LogP contribution in [0.5, 0.6) is 5.75 Å². The van der Waals surface area contributed by atoms with Gasteiger partial charge in [-0.3, -0.25) is 14.4 Å². The van der Waals surface area contributed by atoms with E-state index in [0.29, 0.717) is 24.2 Å². The molecule has 0 aromatic heterocycles. The lowest BCUT2D eigenvalue weighted by Gasteiger charge is -2.24. The third-order valence-corrected chi connectivity index (χ3v) is 5.96. The van der Waals surface area contributed by atoms with Gasteiger partial charge in [0.05, 0.1) is 24.7 Å². The van der Waals surface area contributed by atoms with E-state index in [-0.39, 0.29) is 17.6 Å². The van der Waals surface area contributed by atoms with E-state index in [0.717, 1.165) is 10.6 Å². The van der Waals surface area contributed by atoms with Gasteiger partial charge < -0.3 is 20.5 Å². The first-order valence-corrected chi connectivity index (χ1v) is 10.8. The first kappa shape index (κ1) is 22.4. The fraction of sp³-hybridized carbons (Fsp3) is 0.261. The second-order valence-corrected chi connectivity index (χ2v) is 8.12. The van der Waals surface area contributed by atoms with Gasteiger partial charge in [0.15, 0.2) is 0 Å². The SMILES string of the molecule is COc1ccc(NC(=O)CSc2ccc(NC(=O)C3CC=CCC3C(=O)O)cc2)cc1. The number of carboxylic acids is 1. The first-order chi connectivity index (χ1) is 15.0. The molecule has 7 nitrogen and oxygen atoms in total. The Kier molecular flexibility index (Phi) is 7.72. The van der Waals surface area contributed by atoms with Crippen LogP contribution in [0.3, 0.4) is 0 Å². The maximum atomic E-state index is 12.5. The Morgan fingerprint density at radius 3 is 2.13 bits per heavy atom. The van der Waals surface area contributed by atoms with Gasteiger partial charge in [-0.05, 0) is 61.4 Å². The number of hydrogen-bond acceptors (Lipinski definition) is 5. The summed E-state index contributed by atoms with van der Waals surface area (Å²) in [6.07, 6.45) is 4.43. The Labute approximate surface area is 184 Å². The Hall–Kier alpha value is -3.26. The van der Waals surface area contributed by atoms with Crippen LogP contribution in [0.4, 0.5) is 11.4 Å². The van der Waals surface area contributed by atoms with Gasteiger partial charge in [0, 0.05) is 16.3 Å². The molecule has 0 spiro atoms. The minimum absolute atomic E-state index is 0.127. The Bertz CT molecular complexity index is 957. The van der Waals surface area contributed by atoms with Crippen molar-refractivity contribution in [3.8, 4) is 5.75 Å². The Balaban J connectivity index is 1.49. The second-order valence-electron chi connectivity index (χ2n) is 7.07. The number of methoxy groups -OCH3 is 1. The molecule has 2 atom stereocenters. The van der Waals surface area contributed by atoms with E-state index in [2.05, 4.69) is 10.6 Å². The predicted molar refractivity (Wildman–Crippen MR) is 120 cm³/mol. The minimum Gasteiger partial charge on any atom is -0.497 e. The first-order valence-electron chi connectivity index (χ1n) is 9.81. The number of nitrogens with one attached hydrogen (secondary N) is 2. The summed E-state index contributed by atoms with van der Waals surface area (Å²) in [5.74, 6) is -1.70.